The Morgan fingerprint density at radius 3 is 2.80 bits per heavy atom. The summed E-state index contributed by atoms with van der Waals surface area (Å²) in [4.78, 5) is 2.48. The molecule has 1 aromatic rings. The number of benzene rings is 1. The molecule has 2 aliphatic rings. The molecule has 0 aromatic heterocycles. The molecule has 110 valence electrons. The largest absolute Gasteiger partial charge is 0.489 e. The van der Waals surface area contributed by atoms with Crippen LogP contribution in [0.15, 0.2) is 12.1 Å². The van der Waals surface area contributed by atoms with Gasteiger partial charge in [-0.25, -0.2) is 0 Å². The lowest BCUT2D eigenvalue weighted by atomic mass is 10.1. The molecule has 1 N–H and O–H groups in total. The third-order valence-corrected chi connectivity index (χ3v) is 4.07. The Morgan fingerprint density at radius 1 is 1.15 bits per heavy atom. The van der Waals surface area contributed by atoms with E-state index in [1.807, 2.05) is 6.07 Å². The van der Waals surface area contributed by atoms with E-state index in [1.165, 1.54) is 5.56 Å². The van der Waals surface area contributed by atoms with Crippen molar-refractivity contribution in [2.45, 2.75) is 12.8 Å². The van der Waals surface area contributed by atoms with Gasteiger partial charge in [0, 0.05) is 39.1 Å². The standard InChI is InChI=1S/C15H21ClN2O2/c16-13-10-12(2-5-18-6-3-17-4-7-18)11-14-15(13)20-9-1-8-19-14/h10-11,17H,1-9H2. The Hall–Kier alpha value is -0.970. The molecular weight excluding hydrogens is 276 g/mol. The summed E-state index contributed by atoms with van der Waals surface area (Å²) in [5, 5.41) is 4.04. The molecular formula is C15H21ClN2O2. The van der Waals surface area contributed by atoms with Crippen LogP contribution in [-0.2, 0) is 6.42 Å². The van der Waals surface area contributed by atoms with E-state index in [1.54, 1.807) is 0 Å². The molecule has 4 nitrogen and oxygen atoms in total. The van der Waals surface area contributed by atoms with Crippen molar-refractivity contribution in [3.05, 3.63) is 22.7 Å². The Kier molecular flexibility index (Phi) is 4.65. The summed E-state index contributed by atoms with van der Waals surface area (Å²) in [5.74, 6) is 1.50. The molecule has 2 heterocycles. The number of piperazine rings is 1. The minimum absolute atomic E-state index is 0.666. The van der Waals surface area contributed by atoms with E-state index in [0.29, 0.717) is 24.0 Å². The van der Waals surface area contributed by atoms with E-state index in [0.717, 1.165) is 51.3 Å². The van der Waals surface area contributed by atoms with Gasteiger partial charge in [-0.2, -0.15) is 0 Å². The monoisotopic (exact) mass is 296 g/mol. The SMILES string of the molecule is Clc1cc(CCN2CCNCC2)cc2c1OCCCO2. The third-order valence-electron chi connectivity index (χ3n) is 3.79. The number of hydrogen-bond acceptors (Lipinski definition) is 4. The lowest BCUT2D eigenvalue weighted by Gasteiger charge is -2.27. The highest BCUT2D eigenvalue weighted by Gasteiger charge is 2.16. The Balaban J connectivity index is 1.67. The number of nitrogens with zero attached hydrogens (tertiary/aromatic N) is 1. The van der Waals surface area contributed by atoms with Crippen LogP contribution in [0.25, 0.3) is 0 Å². The van der Waals surface area contributed by atoms with Crippen molar-refractivity contribution < 1.29 is 9.47 Å². The zero-order valence-electron chi connectivity index (χ0n) is 11.7. The smallest absolute Gasteiger partial charge is 0.179 e. The maximum Gasteiger partial charge on any atom is 0.179 e. The molecule has 1 saturated heterocycles. The normalized spacial score (nSPS) is 19.6. The zero-order valence-corrected chi connectivity index (χ0v) is 12.4. The predicted molar refractivity (Wildman–Crippen MR) is 80.1 cm³/mol. The van der Waals surface area contributed by atoms with Gasteiger partial charge in [0.1, 0.15) is 0 Å². The highest BCUT2D eigenvalue weighted by Crippen LogP contribution is 2.38. The second-order valence-corrected chi connectivity index (χ2v) is 5.70. The van der Waals surface area contributed by atoms with E-state index in [4.69, 9.17) is 21.1 Å². The van der Waals surface area contributed by atoms with Crippen LogP contribution in [0.3, 0.4) is 0 Å². The number of halogens is 1. The Bertz CT molecular complexity index is 461. The predicted octanol–water partition coefficient (Wildman–Crippen LogP) is 1.95. The second kappa shape index (κ2) is 6.66. The molecule has 0 amide bonds. The van der Waals surface area contributed by atoms with Gasteiger partial charge in [-0.15, -0.1) is 0 Å². The molecule has 0 spiro atoms. The molecule has 0 bridgehead atoms. The van der Waals surface area contributed by atoms with Gasteiger partial charge >= 0.3 is 0 Å². The van der Waals surface area contributed by atoms with Gasteiger partial charge in [-0.1, -0.05) is 11.6 Å². The van der Waals surface area contributed by atoms with Crippen LogP contribution in [0.4, 0.5) is 0 Å². The second-order valence-electron chi connectivity index (χ2n) is 5.30. The van der Waals surface area contributed by atoms with E-state index in [9.17, 15) is 0 Å². The average Bonchev–Trinajstić information content (AvgIpc) is 2.72. The molecule has 20 heavy (non-hydrogen) atoms. The topological polar surface area (TPSA) is 33.7 Å². The van der Waals surface area contributed by atoms with Gasteiger partial charge in [0.2, 0.25) is 0 Å². The van der Waals surface area contributed by atoms with Crippen LogP contribution in [0.1, 0.15) is 12.0 Å². The quantitative estimate of drug-likeness (QED) is 0.924. The summed E-state index contributed by atoms with van der Waals surface area (Å²) in [5.41, 5.74) is 1.22. The van der Waals surface area contributed by atoms with E-state index < -0.39 is 0 Å². The van der Waals surface area contributed by atoms with Crippen molar-refractivity contribution in [2.75, 3.05) is 45.9 Å². The van der Waals surface area contributed by atoms with Gasteiger partial charge < -0.3 is 19.7 Å². The average molecular weight is 297 g/mol. The van der Waals surface area contributed by atoms with Crippen molar-refractivity contribution in [3.63, 3.8) is 0 Å². The lowest BCUT2D eigenvalue weighted by molar-refractivity contribution is 0.243. The van der Waals surface area contributed by atoms with Crippen molar-refractivity contribution in [1.29, 1.82) is 0 Å². The van der Waals surface area contributed by atoms with E-state index in [-0.39, 0.29) is 0 Å². The Morgan fingerprint density at radius 2 is 1.95 bits per heavy atom. The number of nitrogens with one attached hydrogen (secondary N) is 1. The van der Waals surface area contributed by atoms with Gasteiger partial charge in [-0.05, 0) is 24.1 Å². The number of ether oxygens (including phenoxy) is 2. The van der Waals surface area contributed by atoms with Crippen LogP contribution in [0.2, 0.25) is 5.02 Å². The first kappa shape index (κ1) is 14.0. The summed E-state index contributed by atoms with van der Waals surface area (Å²) < 4.78 is 11.4. The van der Waals surface area contributed by atoms with Crippen molar-refractivity contribution in [3.8, 4) is 11.5 Å². The summed E-state index contributed by atoms with van der Waals surface area (Å²) in [6, 6.07) is 4.09. The minimum Gasteiger partial charge on any atom is -0.489 e. The highest BCUT2D eigenvalue weighted by molar-refractivity contribution is 6.32. The molecule has 2 aliphatic heterocycles. The number of fused-ring (bicyclic) bond motifs is 1. The van der Waals surface area contributed by atoms with Crippen LogP contribution in [0.5, 0.6) is 11.5 Å². The maximum atomic E-state index is 6.31. The fourth-order valence-electron chi connectivity index (χ4n) is 2.65. The minimum atomic E-state index is 0.666. The molecule has 1 aromatic carbocycles. The number of rotatable bonds is 3. The molecule has 0 saturated carbocycles. The van der Waals surface area contributed by atoms with E-state index >= 15 is 0 Å². The molecule has 0 aliphatic carbocycles. The molecule has 0 atom stereocenters. The zero-order chi connectivity index (χ0) is 13.8. The first-order valence-electron chi connectivity index (χ1n) is 7.34. The summed E-state index contributed by atoms with van der Waals surface area (Å²) in [7, 11) is 0. The van der Waals surface area contributed by atoms with Crippen LogP contribution < -0.4 is 14.8 Å². The first-order chi connectivity index (χ1) is 9.83. The fraction of sp³-hybridized carbons (Fsp3) is 0.600. The summed E-state index contributed by atoms with van der Waals surface area (Å²) in [6.07, 6.45) is 1.90. The maximum absolute atomic E-state index is 6.31. The molecule has 1 fully saturated rings. The molecule has 5 heteroatoms. The fourth-order valence-corrected chi connectivity index (χ4v) is 2.94. The van der Waals surface area contributed by atoms with Crippen molar-refractivity contribution in [1.82, 2.24) is 10.2 Å². The van der Waals surface area contributed by atoms with Crippen LogP contribution in [0, 0.1) is 0 Å². The van der Waals surface area contributed by atoms with Crippen molar-refractivity contribution >= 4 is 11.6 Å². The van der Waals surface area contributed by atoms with Crippen LogP contribution in [-0.4, -0.2) is 50.8 Å². The first-order valence-corrected chi connectivity index (χ1v) is 7.72. The van der Waals surface area contributed by atoms with Crippen LogP contribution >= 0.6 is 11.6 Å². The van der Waals surface area contributed by atoms with E-state index in [2.05, 4.69) is 16.3 Å². The Labute approximate surface area is 125 Å². The summed E-state index contributed by atoms with van der Waals surface area (Å²) in [6.45, 7) is 6.86. The highest BCUT2D eigenvalue weighted by atomic mass is 35.5. The molecule has 0 unspecified atom stereocenters. The van der Waals surface area contributed by atoms with Gasteiger partial charge in [0.05, 0.1) is 18.2 Å². The molecule has 3 rings (SSSR count). The van der Waals surface area contributed by atoms with Gasteiger partial charge in [0.25, 0.3) is 0 Å². The third kappa shape index (κ3) is 3.37. The number of hydrogen-bond donors (Lipinski definition) is 1. The lowest BCUT2D eigenvalue weighted by Crippen LogP contribution is -2.44. The summed E-state index contributed by atoms with van der Waals surface area (Å²) >= 11 is 6.31. The molecule has 0 radical (unpaired) electrons. The van der Waals surface area contributed by atoms with Crippen molar-refractivity contribution in [2.24, 2.45) is 0 Å². The van der Waals surface area contributed by atoms with Gasteiger partial charge in [0.15, 0.2) is 11.5 Å². The van der Waals surface area contributed by atoms with Gasteiger partial charge in [-0.3, -0.25) is 0 Å².